The fourth-order valence-corrected chi connectivity index (χ4v) is 3.32. The summed E-state index contributed by atoms with van der Waals surface area (Å²) >= 11 is 0. The van der Waals surface area contributed by atoms with E-state index < -0.39 is 17.7 Å². The number of pyridine rings is 1. The molecule has 0 spiro atoms. The molecule has 1 aromatic heterocycles. The van der Waals surface area contributed by atoms with Crippen LogP contribution in [0.15, 0.2) is 54.9 Å². The number of amides is 1. The van der Waals surface area contributed by atoms with E-state index in [0.29, 0.717) is 17.7 Å². The normalized spacial score (nSPS) is 11.8. The first kappa shape index (κ1) is 21.4. The molecular formula is C24H24F2N2O2. The van der Waals surface area contributed by atoms with Gasteiger partial charge in [0.25, 0.3) is 5.91 Å². The number of hydrogen-bond donors (Lipinski definition) is 0. The van der Waals surface area contributed by atoms with E-state index in [1.54, 1.807) is 38.5 Å². The summed E-state index contributed by atoms with van der Waals surface area (Å²) in [5.41, 5.74) is 3.68. The third kappa shape index (κ3) is 4.64. The van der Waals surface area contributed by atoms with Gasteiger partial charge in [0.05, 0.1) is 6.04 Å². The second kappa shape index (κ2) is 9.03. The lowest BCUT2D eigenvalue weighted by Crippen LogP contribution is -2.30. The number of ether oxygens (including phenoxy) is 1. The van der Waals surface area contributed by atoms with E-state index in [-0.39, 0.29) is 5.91 Å². The maximum atomic E-state index is 13.6. The average molecular weight is 410 g/mol. The Kier molecular flexibility index (Phi) is 6.45. The van der Waals surface area contributed by atoms with Gasteiger partial charge >= 0.3 is 0 Å². The number of nitrogens with zero attached hydrogens (tertiary/aromatic N) is 2. The summed E-state index contributed by atoms with van der Waals surface area (Å²) < 4.78 is 32.7. The molecule has 0 radical (unpaired) electrons. The Morgan fingerprint density at radius 2 is 1.80 bits per heavy atom. The van der Waals surface area contributed by atoms with Gasteiger partial charge in [0, 0.05) is 30.6 Å². The number of aryl methyl sites for hydroxylation is 2. The predicted molar refractivity (Wildman–Crippen MR) is 111 cm³/mol. The molecular weight excluding hydrogens is 386 g/mol. The van der Waals surface area contributed by atoms with Crippen molar-refractivity contribution in [1.82, 2.24) is 9.88 Å². The van der Waals surface area contributed by atoms with Crippen molar-refractivity contribution in [3.63, 3.8) is 0 Å². The van der Waals surface area contributed by atoms with Crippen molar-refractivity contribution < 1.29 is 18.3 Å². The van der Waals surface area contributed by atoms with Crippen LogP contribution < -0.4 is 4.74 Å². The molecule has 4 nitrogen and oxygen atoms in total. The number of hydrogen-bond acceptors (Lipinski definition) is 3. The highest BCUT2D eigenvalue weighted by Gasteiger charge is 2.21. The van der Waals surface area contributed by atoms with Crippen LogP contribution in [0.3, 0.4) is 0 Å². The highest BCUT2D eigenvalue weighted by Crippen LogP contribution is 2.28. The molecule has 0 aliphatic rings. The van der Waals surface area contributed by atoms with Gasteiger partial charge in [-0.05, 0) is 67.8 Å². The molecule has 0 aliphatic carbocycles. The van der Waals surface area contributed by atoms with Crippen molar-refractivity contribution in [3.05, 3.63) is 94.3 Å². The van der Waals surface area contributed by atoms with Crippen LogP contribution in [-0.4, -0.2) is 22.8 Å². The lowest BCUT2D eigenvalue weighted by Gasteiger charge is -2.26. The Morgan fingerprint density at radius 1 is 1.10 bits per heavy atom. The molecule has 0 bridgehead atoms. The van der Waals surface area contributed by atoms with E-state index in [9.17, 15) is 13.6 Å². The van der Waals surface area contributed by atoms with Crippen LogP contribution in [0.1, 0.15) is 45.6 Å². The molecule has 156 valence electrons. The molecule has 0 N–H and O–H groups in total. The van der Waals surface area contributed by atoms with Crippen molar-refractivity contribution in [2.75, 3.05) is 7.05 Å². The van der Waals surface area contributed by atoms with Gasteiger partial charge in [-0.2, -0.15) is 0 Å². The lowest BCUT2D eigenvalue weighted by atomic mass is 10.0. The summed E-state index contributed by atoms with van der Waals surface area (Å²) in [6.45, 7) is 5.94. The first-order chi connectivity index (χ1) is 14.3. The van der Waals surface area contributed by atoms with Crippen LogP contribution in [0.5, 0.6) is 5.75 Å². The molecule has 1 unspecified atom stereocenters. The summed E-state index contributed by atoms with van der Waals surface area (Å²) in [6.07, 6.45) is 3.45. The van der Waals surface area contributed by atoms with Crippen molar-refractivity contribution in [1.29, 1.82) is 0 Å². The fourth-order valence-electron chi connectivity index (χ4n) is 3.32. The van der Waals surface area contributed by atoms with Crippen molar-refractivity contribution in [3.8, 4) is 5.75 Å². The second-order valence-electron chi connectivity index (χ2n) is 7.35. The van der Waals surface area contributed by atoms with Gasteiger partial charge in [-0.3, -0.25) is 9.78 Å². The maximum absolute atomic E-state index is 13.6. The number of halogens is 2. The zero-order chi connectivity index (χ0) is 21.8. The van der Waals surface area contributed by atoms with E-state index in [4.69, 9.17) is 4.74 Å². The first-order valence-corrected chi connectivity index (χ1v) is 9.63. The second-order valence-corrected chi connectivity index (χ2v) is 7.35. The molecule has 30 heavy (non-hydrogen) atoms. The Bertz CT molecular complexity index is 1030. The summed E-state index contributed by atoms with van der Waals surface area (Å²) in [7, 11) is 1.64. The van der Waals surface area contributed by atoms with E-state index in [2.05, 4.69) is 4.98 Å². The van der Waals surface area contributed by atoms with Gasteiger partial charge < -0.3 is 9.64 Å². The molecule has 2 aromatic carbocycles. The molecule has 0 saturated heterocycles. The molecule has 6 heteroatoms. The van der Waals surface area contributed by atoms with Crippen LogP contribution in [0.2, 0.25) is 0 Å². The van der Waals surface area contributed by atoms with Crippen LogP contribution in [0.25, 0.3) is 0 Å². The quantitative estimate of drug-likeness (QED) is 0.547. The molecule has 1 amide bonds. The van der Waals surface area contributed by atoms with Gasteiger partial charge in [0.2, 0.25) is 0 Å². The van der Waals surface area contributed by atoms with Gasteiger partial charge in [-0.15, -0.1) is 0 Å². The Balaban J connectivity index is 1.77. The lowest BCUT2D eigenvalue weighted by molar-refractivity contribution is 0.0742. The molecule has 1 atom stereocenters. The van der Waals surface area contributed by atoms with Gasteiger partial charge in [-0.1, -0.05) is 12.1 Å². The number of aromatic nitrogens is 1. The third-order valence-corrected chi connectivity index (χ3v) is 5.14. The SMILES string of the molecule is Cc1cc(C(=O)N(C)C(C)c2ccc(F)c(F)c2)cc(C)c1OCc1cccnc1. The van der Waals surface area contributed by atoms with E-state index in [0.717, 1.165) is 34.6 Å². The summed E-state index contributed by atoms with van der Waals surface area (Å²) in [5, 5.41) is 0. The van der Waals surface area contributed by atoms with E-state index >= 15 is 0 Å². The third-order valence-electron chi connectivity index (χ3n) is 5.14. The number of rotatable bonds is 6. The number of carbonyl (C=O) groups is 1. The van der Waals surface area contributed by atoms with E-state index in [1.807, 2.05) is 26.0 Å². The highest BCUT2D eigenvalue weighted by molar-refractivity contribution is 5.95. The van der Waals surface area contributed by atoms with Crippen molar-refractivity contribution in [2.24, 2.45) is 0 Å². The summed E-state index contributed by atoms with van der Waals surface area (Å²) in [4.78, 5) is 18.6. The van der Waals surface area contributed by atoms with Crippen LogP contribution in [0.4, 0.5) is 8.78 Å². The number of carbonyl (C=O) groups excluding carboxylic acids is 1. The first-order valence-electron chi connectivity index (χ1n) is 9.63. The topological polar surface area (TPSA) is 42.4 Å². The summed E-state index contributed by atoms with van der Waals surface area (Å²) in [5.74, 6) is -1.32. The van der Waals surface area contributed by atoms with Crippen molar-refractivity contribution in [2.45, 2.75) is 33.4 Å². The molecule has 1 heterocycles. The summed E-state index contributed by atoms with van der Waals surface area (Å²) in [6, 6.07) is 10.6. The number of benzene rings is 2. The fraction of sp³-hybridized carbons (Fsp3) is 0.250. The minimum Gasteiger partial charge on any atom is -0.488 e. The van der Waals surface area contributed by atoms with Crippen LogP contribution >= 0.6 is 0 Å². The monoisotopic (exact) mass is 410 g/mol. The Morgan fingerprint density at radius 3 is 2.40 bits per heavy atom. The maximum Gasteiger partial charge on any atom is 0.254 e. The van der Waals surface area contributed by atoms with E-state index in [1.165, 1.54) is 11.0 Å². The zero-order valence-corrected chi connectivity index (χ0v) is 17.4. The minimum absolute atomic E-state index is 0.211. The van der Waals surface area contributed by atoms with Gasteiger partial charge in [0.15, 0.2) is 11.6 Å². The Labute approximate surface area is 175 Å². The largest absolute Gasteiger partial charge is 0.488 e. The van der Waals surface area contributed by atoms with Gasteiger partial charge in [0.1, 0.15) is 12.4 Å². The molecule has 3 rings (SSSR count). The standard InChI is InChI=1S/C24H24F2N2O2/c1-15-10-20(11-16(2)23(15)30-14-18-6-5-9-27-13-18)24(29)28(4)17(3)19-7-8-21(25)22(26)12-19/h5-13,17H,14H2,1-4H3. The van der Waals surface area contributed by atoms with Crippen LogP contribution in [-0.2, 0) is 6.61 Å². The van der Waals surface area contributed by atoms with Crippen LogP contribution in [0, 0.1) is 25.5 Å². The highest BCUT2D eigenvalue weighted by atomic mass is 19.2. The minimum atomic E-state index is -0.929. The molecule has 0 aliphatic heterocycles. The smallest absolute Gasteiger partial charge is 0.254 e. The average Bonchev–Trinajstić information content (AvgIpc) is 2.74. The van der Waals surface area contributed by atoms with Crippen molar-refractivity contribution >= 4 is 5.91 Å². The molecule has 3 aromatic rings. The van der Waals surface area contributed by atoms with Gasteiger partial charge in [-0.25, -0.2) is 8.78 Å². The molecule has 0 fully saturated rings. The predicted octanol–water partition coefficient (Wildman–Crippen LogP) is 5.39. The Hall–Kier alpha value is -3.28. The molecule has 0 saturated carbocycles. The zero-order valence-electron chi connectivity index (χ0n) is 17.4.